The Hall–Kier alpha value is -0.490. The van der Waals surface area contributed by atoms with Crippen LogP contribution in [-0.2, 0) is 13.6 Å². The highest BCUT2D eigenvalue weighted by Gasteiger charge is 2.39. The zero-order valence-corrected chi connectivity index (χ0v) is 15.7. The molecule has 0 aliphatic rings. The third kappa shape index (κ3) is 4.32. The van der Waals surface area contributed by atoms with Crippen molar-refractivity contribution >= 4 is 42.1 Å². The van der Waals surface area contributed by atoms with Gasteiger partial charge in [0.05, 0.1) is 29.0 Å². The van der Waals surface area contributed by atoms with E-state index in [0.717, 1.165) is 11.3 Å². The van der Waals surface area contributed by atoms with Crippen LogP contribution in [0.5, 0.6) is 0 Å². The van der Waals surface area contributed by atoms with E-state index in [9.17, 15) is 8.96 Å². The number of thiazole rings is 1. The molecule has 4 nitrogen and oxygen atoms in total. The number of alkyl halides is 1. The van der Waals surface area contributed by atoms with E-state index in [4.69, 9.17) is 32.2 Å². The number of aromatic nitrogens is 1. The van der Waals surface area contributed by atoms with Crippen molar-refractivity contribution in [2.45, 2.75) is 19.8 Å². The normalized spacial score (nSPS) is 13.3. The van der Waals surface area contributed by atoms with Crippen molar-refractivity contribution in [3.05, 3.63) is 38.6 Å². The highest BCUT2D eigenvalue weighted by Crippen LogP contribution is 2.62. The number of nitrogens with zero attached hydrogens (tertiary/aromatic N) is 1. The third-order valence-electron chi connectivity index (χ3n) is 2.84. The fourth-order valence-electron chi connectivity index (χ4n) is 1.85. The number of halogens is 3. The Morgan fingerprint density at radius 1 is 1.26 bits per heavy atom. The molecule has 0 amide bonds. The quantitative estimate of drug-likeness (QED) is 0.510. The van der Waals surface area contributed by atoms with Gasteiger partial charge in [0.25, 0.3) is 5.91 Å². The van der Waals surface area contributed by atoms with Crippen LogP contribution in [0.25, 0.3) is 11.3 Å². The molecule has 1 unspecified atom stereocenters. The van der Waals surface area contributed by atoms with Crippen LogP contribution in [-0.4, -0.2) is 18.2 Å². The first-order chi connectivity index (χ1) is 10.9. The summed E-state index contributed by atoms with van der Waals surface area (Å²) in [5.74, 6) is -1.93. The predicted octanol–water partition coefficient (Wildman–Crippen LogP) is 6.35. The zero-order chi connectivity index (χ0) is 17.0. The van der Waals surface area contributed by atoms with Crippen molar-refractivity contribution < 1.29 is 18.0 Å². The first-order valence-electron chi connectivity index (χ1n) is 6.85. The standard InChI is InChI=1S/C14H15Cl2FNO3PS/c1-3-20-22(19,21-4-2)13(17)14-18-12(8-23-14)9-5-6-10(15)11(16)7-9/h5-8,13H,3-4H2,1-2H3. The predicted molar refractivity (Wildman–Crippen MR) is 92.3 cm³/mol. The van der Waals surface area contributed by atoms with Gasteiger partial charge in [-0.2, -0.15) is 0 Å². The van der Waals surface area contributed by atoms with Crippen LogP contribution < -0.4 is 0 Å². The molecule has 0 N–H and O–H groups in total. The second-order valence-electron chi connectivity index (χ2n) is 4.41. The van der Waals surface area contributed by atoms with Gasteiger partial charge in [0, 0.05) is 10.9 Å². The molecule has 0 saturated carbocycles. The zero-order valence-electron chi connectivity index (χ0n) is 12.5. The van der Waals surface area contributed by atoms with E-state index in [0.29, 0.717) is 21.3 Å². The minimum atomic E-state index is -3.89. The van der Waals surface area contributed by atoms with Crippen molar-refractivity contribution in [1.29, 1.82) is 0 Å². The van der Waals surface area contributed by atoms with E-state index < -0.39 is 13.5 Å². The Bertz CT molecular complexity index is 718. The molecule has 0 radical (unpaired) electrons. The molecule has 1 heterocycles. The van der Waals surface area contributed by atoms with Gasteiger partial charge in [-0.15, -0.1) is 11.3 Å². The molecule has 9 heteroatoms. The van der Waals surface area contributed by atoms with Crippen LogP contribution in [0.4, 0.5) is 4.39 Å². The summed E-state index contributed by atoms with van der Waals surface area (Å²) in [6.07, 6.45) is 0. The second-order valence-corrected chi connectivity index (χ2v) is 8.16. The molecule has 1 aromatic heterocycles. The monoisotopic (exact) mass is 397 g/mol. The lowest BCUT2D eigenvalue weighted by atomic mass is 10.2. The van der Waals surface area contributed by atoms with Crippen molar-refractivity contribution in [3.63, 3.8) is 0 Å². The summed E-state index contributed by atoms with van der Waals surface area (Å²) in [4.78, 5) is 4.19. The summed E-state index contributed by atoms with van der Waals surface area (Å²) in [7, 11) is -3.89. The maximum absolute atomic E-state index is 14.6. The van der Waals surface area contributed by atoms with E-state index in [-0.39, 0.29) is 18.2 Å². The lowest BCUT2D eigenvalue weighted by molar-refractivity contribution is 0.190. The topological polar surface area (TPSA) is 48.4 Å². The minimum absolute atomic E-state index is 0.0382. The van der Waals surface area contributed by atoms with E-state index in [1.54, 1.807) is 37.4 Å². The molecule has 0 spiro atoms. The fourth-order valence-corrected chi connectivity index (χ4v) is 4.79. The molecule has 1 atom stereocenters. The Kier molecular flexibility index (Phi) is 6.60. The fraction of sp³-hybridized carbons (Fsp3) is 0.357. The van der Waals surface area contributed by atoms with Crippen LogP contribution in [0, 0.1) is 0 Å². The molecule has 0 aliphatic heterocycles. The third-order valence-corrected chi connectivity index (χ3v) is 6.67. The van der Waals surface area contributed by atoms with Crippen LogP contribution in [0.1, 0.15) is 24.8 Å². The average Bonchev–Trinajstić information content (AvgIpc) is 2.99. The summed E-state index contributed by atoms with van der Waals surface area (Å²) in [6.45, 7) is 3.42. The summed E-state index contributed by atoms with van der Waals surface area (Å²) in [5, 5.41) is 2.50. The number of hydrogen-bond donors (Lipinski definition) is 0. The molecule has 126 valence electrons. The average molecular weight is 398 g/mol. The van der Waals surface area contributed by atoms with E-state index in [1.165, 1.54) is 0 Å². The van der Waals surface area contributed by atoms with Gasteiger partial charge in [-0.1, -0.05) is 29.3 Å². The largest absolute Gasteiger partial charge is 0.371 e. The van der Waals surface area contributed by atoms with Gasteiger partial charge >= 0.3 is 7.60 Å². The van der Waals surface area contributed by atoms with Gasteiger partial charge in [-0.25, -0.2) is 9.37 Å². The summed E-state index contributed by atoms with van der Waals surface area (Å²) in [6, 6.07) is 5.00. The van der Waals surface area contributed by atoms with Gasteiger partial charge in [0.15, 0.2) is 0 Å². The first-order valence-corrected chi connectivity index (χ1v) is 10.1. The van der Waals surface area contributed by atoms with Crippen molar-refractivity contribution in [1.82, 2.24) is 4.98 Å². The van der Waals surface area contributed by atoms with Crippen LogP contribution >= 0.6 is 42.1 Å². The van der Waals surface area contributed by atoms with Crippen molar-refractivity contribution in [2.24, 2.45) is 0 Å². The minimum Gasteiger partial charge on any atom is -0.307 e. The van der Waals surface area contributed by atoms with Crippen LogP contribution in [0.2, 0.25) is 10.0 Å². The molecule has 0 fully saturated rings. The SMILES string of the molecule is CCOP(=O)(OCC)C(F)c1nc(-c2ccc(Cl)c(Cl)c2)cs1. The number of benzene rings is 1. The summed E-state index contributed by atoms with van der Waals surface area (Å²) >= 11 is 12.9. The first kappa shape index (κ1) is 18.8. The van der Waals surface area contributed by atoms with Gasteiger partial charge in [0.1, 0.15) is 5.01 Å². The van der Waals surface area contributed by atoms with E-state index in [2.05, 4.69) is 4.98 Å². The number of rotatable bonds is 7. The Morgan fingerprint density at radius 2 is 1.91 bits per heavy atom. The molecule has 2 aromatic rings. The van der Waals surface area contributed by atoms with E-state index in [1.807, 2.05) is 0 Å². The Labute approximate surface area is 148 Å². The van der Waals surface area contributed by atoms with Crippen LogP contribution in [0.3, 0.4) is 0 Å². The highest BCUT2D eigenvalue weighted by atomic mass is 35.5. The van der Waals surface area contributed by atoms with Crippen molar-refractivity contribution in [2.75, 3.05) is 13.2 Å². The molecule has 0 aliphatic carbocycles. The molecule has 1 aromatic carbocycles. The maximum Gasteiger partial charge on any atom is 0.371 e. The maximum atomic E-state index is 14.6. The van der Waals surface area contributed by atoms with Gasteiger partial charge in [-0.05, 0) is 26.0 Å². The number of hydrogen-bond acceptors (Lipinski definition) is 5. The summed E-state index contributed by atoms with van der Waals surface area (Å²) < 4.78 is 37.1. The van der Waals surface area contributed by atoms with Crippen LogP contribution in [0.15, 0.2) is 23.6 Å². The molecular weight excluding hydrogens is 383 g/mol. The molecular formula is C14H15Cl2FNO3PS. The molecule has 0 bridgehead atoms. The van der Waals surface area contributed by atoms with Gasteiger partial charge in [-0.3, -0.25) is 4.57 Å². The smallest absolute Gasteiger partial charge is 0.307 e. The molecule has 0 saturated heterocycles. The van der Waals surface area contributed by atoms with Crippen molar-refractivity contribution in [3.8, 4) is 11.3 Å². The lowest BCUT2D eigenvalue weighted by Crippen LogP contribution is -2.02. The summed E-state index contributed by atoms with van der Waals surface area (Å²) in [5.41, 5.74) is 1.21. The van der Waals surface area contributed by atoms with E-state index >= 15 is 0 Å². The van der Waals surface area contributed by atoms with Gasteiger partial charge in [0.2, 0.25) is 0 Å². The second kappa shape index (κ2) is 8.06. The Balaban J connectivity index is 2.30. The highest BCUT2D eigenvalue weighted by molar-refractivity contribution is 7.54. The van der Waals surface area contributed by atoms with Gasteiger partial charge < -0.3 is 9.05 Å². The molecule has 23 heavy (non-hydrogen) atoms. The Morgan fingerprint density at radius 3 is 2.48 bits per heavy atom. The molecule has 2 rings (SSSR count). The lowest BCUT2D eigenvalue weighted by Gasteiger charge is -2.18.